The summed E-state index contributed by atoms with van der Waals surface area (Å²) in [5.74, 6) is 0.565. The lowest BCUT2D eigenvalue weighted by Gasteiger charge is -2.19. The fourth-order valence-electron chi connectivity index (χ4n) is 2.50. The quantitative estimate of drug-likeness (QED) is 0.827. The van der Waals surface area contributed by atoms with Gasteiger partial charge in [-0.3, -0.25) is 4.68 Å². The first kappa shape index (κ1) is 16.2. The molecule has 0 amide bonds. The van der Waals surface area contributed by atoms with E-state index in [-0.39, 0.29) is 0 Å². The second-order valence-corrected chi connectivity index (χ2v) is 6.81. The van der Waals surface area contributed by atoms with Gasteiger partial charge in [-0.05, 0) is 42.5 Å². The molecule has 0 saturated carbocycles. The van der Waals surface area contributed by atoms with Gasteiger partial charge in [0.05, 0.1) is 6.20 Å². The van der Waals surface area contributed by atoms with Crippen molar-refractivity contribution in [3.63, 3.8) is 0 Å². The van der Waals surface area contributed by atoms with Crippen LogP contribution in [-0.2, 0) is 19.9 Å². The minimum Gasteiger partial charge on any atom is -0.314 e. The Labute approximate surface area is 135 Å². The van der Waals surface area contributed by atoms with Crippen LogP contribution in [0, 0.1) is 5.92 Å². The van der Waals surface area contributed by atoms with Crippen molar-refractivity contribution < 1.29 is 0 Å². The lowest BCUT2D eigenvalue weighted by Crippen LogP contribution is -2.31. The molecule has 0 aliphatic carbocycles. The van der Waals surface area contributed by atoms with Crippen LogP contribution in [0.3, 0.4) is 0 Å². The molecule has 1 heterocycles. The van der Waals surface area contributed by atoms with Crippen molar-refractivity contribution in [1.29, 1.82) is 0 Å². The van der Waals surface area contributed by atoms with Crippen molar-refractivity contribution in [1.82, 2.24) is 15.1 Å². The first-order valence-corrected chi connectivity index (χ1v) is 8.28. The van der Waals surface area contributed by atoms with E-state index in [1.54, 1.807) is 0 Å². The first-order chi connectivity index (χ1) is 10.0. The fourth-order valence-corrected chi connectivity index (χ4v) is 2.95. The molecule has 114 valence electrons. The number of nitrogens with zero attached hydrogens (tertiary/aromatic N) is 2. The minimum atomic E-state index is 0.514. The summed E-state index contributed by atoms with van der Waals surface area (Å²) in [6.45, 7) is 5.41. The molecule has 0 aliphatic rings. The summed E-state index contributed by atoms with van der Waals surface area (Å²) in [5.41, 5.74) is 2.68. The zero-order valence-corrected chi connectivity index (χ0v) is 14.6. The fraction of sp³-hybridized carbons (Fsp3) is 0.471. The van der Waals surface area contributed by atoms with Crippen molar-refractivity contribution in [2.45, 2.75) is 32.7 Å². The Bertz CT molecular complexity index is 563. The van der Waals surface area contributed by atoms with Crippen LogP contribution in [0.1, 0.15) is 25.0 Å². The van der Waals surface area contributed by atoms with Crippen molar-refractivity contribution in [2.75, 3.05) is 6.54 Å². The molecule has 1 N–H and O–H groups in total. The lowest BCUT2D eigenvalue weighted by molar-refractivity contribution is 0.443. The summed E-state index contributed by atoms with van der Waals surface area (Å²) < 4.78 is 3.08. The summed E-state index contributed by atoms with van der Waals surface area (Å²) in [5, 5.41) is 7.85. The highest BCUT2D eigenvalue weighted by Gasteiger charge is 2.14. The van der Waals surface area contributed by atoms with E-state index >= 15 is 0 Å². The van der Waals surface area contributed by atoms with Crippen molar-refractivity contribution in [3.8, 4) is 0 Å². The second-order valence-electron chi connectivity index (χ2n) is 5.95. The van der Waals surface area contributed by atoms with E-state index in [4.69, 9.17) is 0 Å². The Morgan fingerprint density at radius 2 is 2.00 bits per heavy atom. The van der Waals surface area contributed by atoms with Crippen LogP contribution in [0.5, 0.6) is 0 Å². The number of nitrogens with one attached hydrogen (secondary N) is 1. The smallest absolute Gasteiger partial charge is 0.0521 e. The highest BCUT2D eigenvalue weighted by atomic mass is 79.9. The molecule has 21 heavy (non-hydrogen) atoms. The molecule has 0 spiro atoms. The van der Waals surface area contributed by atoms with Gasteiger partial charge in [0.25, 0.3) is 0 Å². The molecule has 0 aliphatic heterocycles. The average Bonchev–Trinajstić information content (AvgIpc) is 2.84. The first-order valence-electron chi connectivity index (χ1n) is 7.49. The van der Waals surface area contributed by atoms with Crippen LogP contribution in [0.15, 0.2) is 41.1 Å². The van der Waals surface area contributed by atoms with E-state index in [2.05, 4.69) is 70.7 Å². The molecule has 3 nitrogen and oxygen atoms in total. The summed E-state index contributed by atoms with van der Waals surface area (Å²) >= 11 is 3.66. The predicted octanol–water partition coefficient (Wildman–Crippen LogP) is 3.58. The van der Waals surface area contributed by atoms with Crippen LogP contribution in [0.25, 0.3) is 0 Å². The van der Waals surface area contributed by atoms with E-state index in [9.17, 15) is 0 Å². The number of benzene rings is 1. The molecule has 4 heteroatoms. The third kappa shape index (κ3) is 5.29. The number of halogens is 1. The van der Waals surface area contributed by atoms with Crippen molar-refractivity contribution >= 4 is 15.9 Å². The van der Waals surface area contributed by atoms with Gasteiger partial charge in [-0.2, -0.15) is 5.10 Å². The van der Waals surface area contributed by atoms with Gasteiger partial charge in [0.1, 0.15) is 0 Å². The van der Waals surface area contributed by atoms with Crippen LogP contribution in [-0.4, -0.2) is 22.4 Å². The largest absolute Gasteiger partial charge is 0.314 e. The molecular weight excluding hydrogens is 326 g/mol. The lowest BCUT2D eigenvalue weighted by atomic mass is 9.93. The second kappa shape index (κ2) is 7.76. The van der Waals surface area contributed by atoms with E-state index in [1.165, 1.54) is 15.6 Å². The summed E-state index contributed by atoms with van der Waals surface area (Å²) in [4.78, 5) is 0. The van der Waals surface area contributed by atoms with Crippen molar-refractivity contribution in [3.05, 3.63) is 52.3 Å². The zero-order chi connectivity index (χ0) is 15.2. The summed E-state index contributed by atoms with van der Waals surface area (Å²) in [6, 6.07) is 9.01. The molecule has 1 unspecified atom stereocenters. The van der Waals surface area contributed by atoms with Crippen LogP contribution >= 0.6 is 15.9 Å². The van der Waals surface area contributed by atoms with Crippen LogP contribution < -0.4 is 5.32 Å². The normalized spacial score (nSPS) is 12.8. The van der Waals surface area contributed by atoms with Gasteiger partial charge in [-0.25, -0.2) is 0 Å². The molecule has 2 rings (SSSR count). The number of aryl methyl sites for hydroxylation is 1. The Morgan fingerprint density at radius 1 is 1.24 bits per heavy atom. The van der Waals surface area contributed by atoms with Gasteiger partial charge in [0.15, 0.2) is 0 Å². The summed E-state index contributed by atoms with van der Waals surface area (Å²) in [6.07, 6.45) is 6.20. The van der Waals surface area contributed by atoms with Crippen molar-refractivity contribution in [2.24, 2.45) is 13.0 Å². The number of rotatable bonds is 7. The molecule has 0 fully saturated rings. The van der Waals surface area contributed by atoms with Gasteiger partial charge >= 0.3 is 0 Å². The monoisotopic (exact) mass is 349 g/mol. The zero-order valence-electron chi connectivity index (χ0n) is 13.0. The van der Waals surface area contributed by atoms with Crippen LogP contribution in [0.4, 0.5) is 0 Å². The van der Waals surface area contributed by atoms with Gasteiger partial charge < -0.3 is 5.32 Å². The molecule has 1 aromatic carbocycles. The van der Waals surface area contributed by atoms with Gasteiger partial charge in [0.2, 0.25) is 0 Å². The Balaban J connectivity index is 2.06. The maximum Gasteiger partial charge on any atom is 0.0521 e. The highest BCUT2D eigenvalue weighted by Crippen LogP contribution is 2.21. The third-order valence-corrected chi connectivity index (χ3v) is 4.34. The number of hydrogen-bond acceptors (Lipinski definition) is 2. The average molecular weight is 350 g/mol. The third-order valence-electron chi connectivity index (χ3n) is 3.56. The van der Waals surface area contributed by atoms with E-state index in [0.717, 1.165) is 19.4 Å². The SMILES string of the molecule is CC(C)NCC(Cc1cnn(C)c1)Cc1ccccc1Br. The molecule has 0 bridgehead atoms. The molecule has 0 radical (unpaired) electrons. The predicted molar refractivity (Wildman–Crippen MR) is 91.4 cm³/mol. The maximum atomic E-state index is 4.28. The Hall–Kier alpha value is -1.13. The maximum absolute atomic E-state index is 4.28. The molecular formula is C17H24BrN3. The van der Waals surface area contributed by atoms with Gasteiger partial charge in [0, 0.05) is 23.8 Å². The van der Waals surface area contributed by atoms with Gasteiger partial charge in [-0.1, -0.05) is 48.0 Å². The highest BCUT2D eigenvalue weighted by molar-refractivity contribution is 9.10. The summed E-state index contributed by atoms with van der Waals surface area (Å²) in [7, 11) is 1.97. The standard InChI is InChI=1S/C17H24BrN3/c1-13(2)19-10-14(8-15-11-20-21(3)12-15)9-16-6-4-5-7-17(16)18/h4-7,11-14,19H,8-10H2,1-3H3. The minimum absolute atomic E-state index is 0.514. The Morgan fingerprint density at radius 3 is 2.62 bits per heavy atom. The molecule has 1 atom stereocenters. The van der Waals surface area contributed by atoms with Gasteiger partial charge in [-0.15, -0.1) is 0 Å². The van der Waals surface area contributed by atoms with E-state index in [0.29, 0.717) is 12.0 Å². The molecule has 2 aromatic rings. The molecule has 0 saturated heterocycles. The van der Waals surface area contributed by atoms with E-state index < -0.39 is 0 Å². The molecule has 1 aromatic heterocycles. The van der Waals surface area contributed by atoms with Crippen LogP contribution in [0.2, 0.25) is 0 Å². The number of hydrogen-bond donors (Lipinski definition) is 1. The van der Waals surface area contributed by atoms with E-state index in [1.807, 2.05) is 17.9 Å². The Kier molecular flexibility index (Phi) is 6.00. The number of aromatic nitrogens is 2. The topological polar surface area (TPSA) is 29.9 Å².